The van der Waals surface area contributed by atoms with Gasteiger partial charge in [-0.1, -0.05) is 133 Å². The minimum atomic E-state index is 0.696. The van der Waals surface area contributed by atoms with E-state index >= 15 is 0 Å². The Morgan fingerprint density at radius 3 is 1.60 bits per heavy atom. The molecule has 4 heterocycles. The highest BCUT2D eigenvalue weighted by atomic mass is 15.0. The van der Waals surface area contributed by atoms with Gasteiger partial charge in [-0.15, -0.1) is 0 Å². The molecule has 52 heavy (non-hydrogen) atoms. The second-order valence-corrected chi connectivity index (χ2v) is 13.5. The summed E-state index contributed by atoms with van der Waals surface area (Å²) in [6.45, 7) is 0. The van der Waals surface area contributed by atoms with Gasteiger partial charge in [0.1, 0.15) is 0 Å². The lowest BCUT2D eigenvalue weighted by molar-refractivity contribution is 1.16. The molecule has 4 aromatic heterocycles. The largest absolute Gasteiger partial charge is 0.309 e. The fraction of sp³-hybridized carbons (Fsp3) is 0. The molecule has 0 bridgehead atoms. The van der Waals surface area contributed by atoms with Crippen molar-refractivity contribution in [3.63, 3.8) is 0 Å². The zero-order valence-electron chi connectivity index (χ0n) is 28.1. The third kappa shape index (κ3) is 4.34. The van der Waals surface area contributed by atoms with Gasteiger partial charge < -0.3 is 8.97 Å². The molecule has 4 nitrogen and oxygen atoms in total. The molecule has 11 aromatic rings. The van der Waals surface area contributed by atoms with Crippen LogP contribution in [0.15, 0.2) is 182 Å². The summed E-state index contributed by atoms with van der Waals surface area (Å²) in [6.07, 6.45) is 0. The van der Waals surface area contributed by atoms with Crippen molar-refractivity contribution < 1.29 is 0 Å². The summed E-state index contributed by atoms with van der Waals surface area (Å²) < 4.78 is 4.85. The van der Waals surface area contributed by atoms with Gasteiger partial charge in [-0.2, -0.15) is 0 Å². The first-order valence-electron chi connectivity index (χ1n) is 17.7. The second kappa shape index (κ2) is 11.2. The number of nitrogens with zero attached hydrogens (tertiary/aromatic N) is 4. The average molecular weight is 663 g/mol. The van der Waals surface area contributed by atoms with Crippen LogP contribution >= 0.6 is 0 Å². The van der Waals surface area contributed by atoms with Crippen molar-refractivity contribution in [2.24, 2.45) is 0 Å². The van der Waals surface area contributed by atoms with E-state index in [-0.39, 0.29) is 0 Å². The highest BCUT2D eigenvalue weighted by Gasteiger charge is 2.19. The zero-order valence-corrected chi connectivity index (χ0v) is 28.1. The molecule has 4 heteroatoms. The fourth-order valence-corrected chi connectivity index (χ4v) is 8.11. The predicted molar refractivity (Wildman–Crippen MR) is 216 cm³/mol. The van der Waals surface area contributed by atoms with Crippen molar-refractivity contribution in [3.8, 4) is 39.6 Å². The molecule has 11 rings (SSSR count). The van der Waals surface area contributed by atoms with Gasteiger partial charge >= 0.3 is 0 Å². The average Bonchev–Trinajstić information content (AvgIpc) is 3.77. The van der Waals surface area contributed by atoms with E-state index in [2.05, 4.69) is 179 Å². The highest BCUT2D eigenvalue weighted by Crippen LogP contribution is 2.40. The Hall–Kier alpha value is -7.04. The number of hydrogen-bond acceptors (Lipinski definition) is 2. The number of fused-ring (bicyclic) bond motifs is 11. The number of hydrogen-bond donors (Lipinski definition) is 0. The number of aromatic nitrogens is 4. The monoisotopic (exact) mass is 662 g/mol. The number of benzene rings is 7. The molecule has 242 valence electrons. The third-order valence-electron chi connectivity index (χ3n) is 10.5. The summed E-state index contributed by atoms with van der Waals surface area (Å²) in [7, 11) is 0. The number of para-hydroxylation sites is 2. The first-order chi connectivity index (χ1) is 25.8. The summed E-state index contributed by atoms with van der Waals surface area (Å²) in [5.74, 6) is 0.696. The fourth-order valence-electron chi connectivity index (χ4n) is 8.11. The van der Waals surface area contributed by atoms with Crippen LogP contribution in [0, 0.1) is 0 Å². The predicted octanol–water partition coefficient (Wildman–Crippen LogP) is 12.3. The van der Waals surface area contributed by atoms with Crippen LogP contribution in [0.4, 0.5) is 0 Å². The molecule has 0 N–H and O–H groups in total. The molecule has 0 aliphatic rings. The maximum Gasteiger partial charge on any atom is 0.160 e. The minimum absolute atomic E-state index is 0.696. The molecule has 0 aliphatic carbocycles. The van der Waals surface area contributed by atoms with Crippen LogP contribution in [-0.2, 0) is 0 Å². The third-order valence-corrected chi connectivity index (χ3v) is 10.5. The maximum absolute atomic E-state index is 5.15. The quantitative estimate of drug-likeness (QED) is 0.176. The first kappa shape index (κ1) is 28.8. The lowest BCUT2D eigenvalue weighted by Gasteiger charge is -2.13. The van der Waals surface area contributed by atoms with E-state index in [1.54, 1.807) is 0 Å². The Balaban J connectivity index is 1.18. The van der Waals surface area contributed by atoms with Crippen molar-refractivity contribution in [1.82, 2.24) is 18.9 Å². The lowest BCUT2D eigenvalue weighted by atomic mass is 10.0. The molecule has 0 atom stereocenters. The van der Waals surface area contributed by atoms with Gasteiger partial charge in [-0.05, 0) is 53.9 Å². The normalized spacial score (nSPS) is 11.8. The van der Waals surface area contributed by atoms with Crippen molar-refractivity contribution >= 4 is 59.9 Å². The van der Waals surface area contributed by atoms with Gasteiger partial charge in [0.15, 0.2) is 5.82 Å². The smallest absolute Gasteiger partial charge is 0.160 e. The van der Waals surface area contributed by atoms with Crippen molar-refractivity contribution in [2.75, 3.05) is 0 Å². The standard InChI is InChI=1S/C48H30N4/c1-3-14-31(15-4-1)41-30-42(32-16-5-2-6-17-32)50-48(49-41)34-19-13-20-35(26-34)51-44-25-12-10-23-38(44)40-29-47-39(28-46(40)51)36-21-8-9-22-37(36)45-27-33-18-7-11-24-43(33)52(45)47/h1-30H. The SMILES string of the molecule is c1ccc(-c2cc(-c3ccccc3)nc(-c3cccc(-n4c5ccccc5c5cc6c(cc54)c4ccccc4c4cc5ccccc5n46)c3)n2)cc1. The van der Waals surface area contributed by atoms with Gasteiger partial charge in [0.05, 0.1) is 39.0 Å². The first-order valence-corrected chi connectivity index (χ1v) is 17.7. The molecule has 0 saturated heterocycles. The number of rotatable bonds is 4. The van der Waals surface area contributed by atoms with E-state index in [1.165, 1.54) is 48.9 Å². The Kier molecular flexibility index (Phi) is 6.22. The highest BCUT2D eigenvalue weighted by molar-refractivity contribution is 6.21. The second-order valence-electron chi connectivity index (χ2n) is 13.5. The molecule has 0 radical (unpaired) electrons. The topological polar surface area (TPSA) is 35.1 Å². The van der Waals surface area contributed by atoms with Gasteiger partial charge in [0.2, 0.25) is 0 Å². The zero-order chi connectivity index (χ0) is 34.2. The Labute approximate surface area is 299 Å². The summed E-state index contributed by atoms with van der Waals surface area (Å²) >= 11 is 0. The maximum atomic E-state index is 5.15. The van der Waals surface area contributed by atoms with Crippen LogP contribution in [0.3, 0.4) is 0 Å². The molecular weight excluding hydrogens is 633 g/mol. The van der Waals surface area contributed by atoms with Gasteiger partial charge in [-0.25, -0.2) is 9.97 Å². The molecule has 7 aromatic carbocycles. The number of pyridine rings is 1. The van der Waals surface area contributed by atoms with Crippen LogP contribution in [0.1, 0.15) is 0 Å². The molecule has 0 aliphatic heterocycles. The minimum Gasteiger partial charge on any atom is -0.309 e. The van der Waals surface area contributed by atoms with Crippen molar-refractivity contribution in [1.29, 1.82) is 0 Å². The van der Waals surface area contributed by atoms with Crippen LogP contribution in [0.5, 0.6) is 0 Å². The van der Waals surface area contributed by atoms with E-state index in [9.17, 15) is 0 Å². The molecular formula is C48H30N4. The Bertz CT molecular complexity index is 3110. The van der Waals surface area contributed by atoms with E-state index in [1.807, 2.05) is 12.1 Å². The van der Waals surface area contributed by atoms with Gasteiger partial charge in [0, 0.05) is 49.3 Å². The van der Waals surface area contributed by atoms with Crippen LogP contribution < -0.4 is 0 Å². The van der Waals surface area contributed by atoms with Gasteiger partial charge in [0.25, 0.3) is 0 Å². The van der Waals surface area contributed by atoms with Crippen LogP contribution in [-0.4, -0.2) is 18.9 Å². The summed E-state index contributed by atoms with van der Waals surface area (Å²) in [4.78, 5) is 10.3. The Morgan fingerprint density at radius 2 is 0.865 bits per heavy atom. The summed E-state index contributed by atoms with van der Waals surface area (Å²) in [6, 6.07) is 64.8. The van der Waals surface area contributed by atoms with E-state index < -0.39 is 0 Å². The van der Waals surface area contributed by atoms with Gasteiger partial charge in [-0.3, -0.25) is 0 Å². The molecule has 0 amide bonds. The van der Waals surface area contributed by atoms with E-state index in [4.69, 9.17) is 9.97 Å². The van der Waals surface area contributed by atoms with Crippen molar-refractivity contribution in [3.05, 3.63) is 182 Å². The summed E-state index contributed by atoms with van der Waals surface area (Å²) in [5.41, 5.74) is 11.9. The van der Waals surface area contributed by atoms with Crippen molar-refractivity contribution in [2.45, 2.75) is 0 Å². The Morgan fingerprint density at radius 1 is 0.327 bits per heavy atom. The molecule has 0 spiro atoms. The molecule has 0 fully saturated rings. The van der Waals surface area contributed by atoms with E-state index in [0.29, 0.717) is 5.82 Å². The van der Waals surface area contributed by atoms with Crippen LogP contribution in [0.2, 0.25) is 0 Å². The summed E-state index contributed by atoms with van der Waals surface area (Å²) in [5, 5.41) is 7.41. The van der Waals surface area contributed by atoms with E-state index in [0.717, 1.165) is 44.8 Å². The molecule has 0 saturated carbocycles. The van der Waals surface area contributed by atoms with Crippen LogP contribution in [0.25, 0.3) is 99.5 Å². The molecule has 0 unspecified atom stereocenters. The lowest BCUT2D eigenvalue weighted by Crippen LogP contribution is -1.98.